The molecule has 0 radical (unpaired) electrons. The summed E-state index contributed by atoms with van der Waals surface area (Å²) >= 11 is 5.93. The molecule has 3 aromatic rings. The molecule has 0 aliphatic heterocycles. The number of hydrogen-bond acceptors (Lipinski definition) is 7. The fourth-order valence-corrected chi connectivity index (χ4v) is 2.98. The number of amides is 2. The van der Waals surface area contributed by atoms with Crippen LogP contribution in [-0.4, -0.2) is 45.6 Å². The molecule has 0 saturated carbocycles. The summed E-state index contributed by atoms with van der Waals surface area (Å²) in [7, 11) is 0. The zero-order chi connectivity index (χ0) is 23.3. The number of para-hydroxylation sites is 1. The number of aromatic amines is 1. The molecule has 1 atom stereocenters. The first-order valence-electron chi connectivity index (χ1n) is 9.42. The van der Waals surface area contributed by atoms with Gasteiger partial charge in [0.15, 0.2) is 11.8 Å². The van der Waals surface area contributed by atoms with Gasteiger partial charge in [0, 0.05) is 24.1 Å². The van der Waals surface area contributed by atoms with E-state index in [1.165, 1.54) is 19.1 Å². The van der Waals surface area contributed by atoms with Crippen LogP contribution in [0.3, 0.4) is 0 Å². The van der Waals surface area contributed by atoms with E-state index < -0.39 is 28.8 Å². The minimum absolute atomic E-state index is 0.0125. The SMILES string of the molecule is CC(OC(=O)CCNC(=O)c1n[nH]c2ccccc12)C(=O)Nc1ccc([N+](=O)[O-])cc1Cl. The van der Waals surface area contributed by atoms with Gasteiger partial charge in [-0.05, 0) is 19.1 Å². The molecule has 11 nitrogen and oxygen atoms in total. The number of non-ortho nitro benzene ring substituents is 1. The largest absolute Gasteiger partial charge is 0.452 e. The van der Waals surface area contributed by atoms with Crippen molar-refractivity contribution in [1.29, 1.82) is 0 Å². The van der Waals surface area contributed by atoms with Crippen LogP contribution in [0, 0.1) is 10.1 Å². The number of anilines is 1. The molecule has 0 spiro atoms. The molecule has 3 rings (SSSR count). The highest BCUT2D eigenvalue weighted by Crippen LogP contribution is 2.26. The normalized spacial score (nSPS) is 11.6. The van der Waals surface area contributed by atoms with E-state index >= 15 is 0 Å². The molecule has 1 heterocycles. The number of nitro groups is 1. The first-order valence-corrected chi connectivity index (χ1v) is 9.79. The lowest BCUT2D eigenvalue weighted by atomic mass is 10.2. The van der Waals surface area contributed by atoms with Gasteiger partial charge in [-0.15, -0.1) is 0 Å². The lowest BCUT2D eigenvalue weighted by molar-refractivity contribution is -0.384. The van der Waals surface area contributed by atoms with E-state index in [1.54, 1.807) is 18.2 Å². The average molecular weight is 460 g/mol. The van der Waals surface area contributed by atoms with Gasteiger partial charge in [0.2, 0.25) is 0 Å². The third-order valence-corrected chi connectivity index (χ3v) is 4.71. The van der Waals surface area contributed by atoms with Crippen molar-refractivity contribution in [3.05, 3.63) is 63.3 Å². The van der Waals surface area contributed by atoms with Crippen LogP contribution in [-0.2, 0) is 14.3 Å². The van der Waals surface area contributed by atoms with Gasteiger partial charge in [0.1, 0.15) is 0 Å². The van der Waals surface area contributed by atoms with E-state index in [1.807, 2.05) is 6.07 Å². The Balaban J connectivity index is 1.46. The number of aromatic nitrogens is 2. The van der Waals surface area contributed by atoms with Crippen LogP contribution in [0.5, 0.6) is 0 Å². The van der Waals surface area contributed by atoms with Crippen molar-refractivity contribution >= 4 is 51.7 Å². The zero-order valence-electron chi connectivity index (χ0n) is 16.8. The standard InChI is InChI=1S/C20H18ClN5O6/c1-11(19(28)23-16-7-6-12(26(30)31)10-14(16)21)32-17(27)8-9-22-20(29)18-13-4-2-3-5-15(13)24-25-18/h2-7,10-11H,8-9H2,1H3,(H,22,29)(H,23,28)(H,24,25). The number of nitrogens with zero attached hydrogens (tertiary/aromatic N) is 2. The summed E-state index contributed by atoms with van der Waals surface area (Å²) in [5.41, 5.74) is 0.840. The molecule has 0 fully saturated rings. The summed E-state index contributed by atoms with van der Waals surface area (Å²) in [6.07, 6.45) is -1.32. The second-order valence-electron chi connectivity index (χ2n) is 6.67. The Kier molecular flexibility index (Phi) is 7.00. The van der Waals surface area contributed by atoms with Gasteiger partial charge in [0.05, 0.1) is 27.6 Å². The van der Waals surface area contributed by atoms with Crippen LogP contribution in [0.4, 0.5) is 11.4 Å². The van der Waals surface area contributed by atoms with Gasteiger partial charge in [-0.25, -0.2) is 0 Å². The monoisotopic (exact) mass is 459 g/mol. The van der Waals surface area contributed by atoms with E-state index in [4.69, 9.17) is 16.3 Å². The quantitative estimate of drug-likeness (QED) is 0.265. The fraction of sp³-hybridized carbons (Fsp3) is 0.200. The number of nitro benzene ring substituents is 1. The molecular weight excluding hydrogens is 442 g/mol. The number of fused-ring (bicyclic) bond motifs is 1. The third kappa shape index (κ3) is 5.38. The molecule has 32 heavy (non-hydrogen) atoms. The third-order valence-electron chi connectivity index (χ3n) is 4.40. The van der Waals surface area contributed by atoms with Crippen molar-refractivity contribution in [3.63, 3.8) is 0 Å². The van der Waals surface area contributed by atoms with Crippen molar-refractivity contribution < 1.29 is 24.0 Å². The predicted octanol–water partition coefficient (Wildman–Crippen LogP) is 2.81. The highest BCUT2D eigenvalue weighted by atomic mass is 35.5. The predicted molar refractivity (Wildman–Crippen MR) is 115 cm³/mol. The summed E-state index contributed by atoms with van der Waals surface area (Å²) in [5, 5.41) is 23.1. The topological polar surface area (TPSA) is 156 Å². The van der Waals surface area contributed by atoms with Crippen molar-refractivity contribution in [2.75, 3.05) is 11.9 Å². The summed E-state index contributed by atoms with van der Waals surface area (Å²) in [6, 6.07) is 10.7. The van der Waals surface area contributed by atoms with Gasteiger partial charge in [-0.1, -0.05) is 29.8 Å². The van der Waals surface area contributed by atoms with Gasteiger partial charge in [-0.2, -0.15) is 5.10 Å². The molecule has 1 aromatic heterocycles. The number of carbonyl (C=O) groups is 3. The molecule has 0 saturated heterocycles. The number of nitrogens with one attached hydrogen (secondary N) is 3. The zero-order valence-corrected chi connectivity index (χ0v) is 17.5. The first kappa shape index (κ1) is 22.7. The molecular formula is C20H18ClN5O6. The van der Waals surface area contributed by atoms with E-state index in [-0.39, 0.29) is 35.1 Å². The summed E-state index contributed by atoms with van der Waals surface area (Å²) in [6.45, 7) is 1.35. The summed E-state index contributed by atoms with van der Waals surface area (Å²) in [5.74, 6) is -1.82. The van der Waals surface area contributed by atoms with Gasteiger partial charge in [0.25, 0.3) is 17.5 Å². The van der Waals surface area contributed by atoms with Crippen LogP contribution < -0.4 is 10.6 Å². The van der Waals surface area contributed by atoms with Gasteiger partial charge >= 0.3 is 5.97 Å². The number of H-pyrrole nitrogens is 1. The second kappa shape index (κ2) is 9.88. The highest BCUT2D eigenvalue weighted by molar-refractivity contribution is 6.34. The van der Waals surface area contributed by atoms with Crippen molar-refractivity contribution in [1.82, 2.24) is 15.5 Å². The molecule has 3 N–H and O–H groups in total. The number of rotatable bonds is 8. The lowest BCUT2D eigenvalue weighted by Gasteiger charge is -2.14. The molecule has 2 amide bonds. The van der Waals surface area contributed by atoms with Crippen LogP contribution in [0.2, 0.25) is 5.02 Å². The summed E-state index contributed by atoms with van der Waals surface area (Å²) in [4.78, 5) is 46.6. The maximum absolute atomic E-state index is 12.3. The molecule has 0 aliphatic rings. The van der Waals surface area contributed by atoms with Crippen molar-refractivity contribution in [3.8, 4) is 0 Å². The van der Waals surface area contributed by atoms with Crippen molar-refractivity contribution in [2.45, 2.75) is 19.4 Å². The van der Waals surface area contributed by atoms with Crippen LogP contribution >= 0.6 is 11.6 Å². The number of benzene rings is 2. The maximum Gasteiger partial charge on any atom is 0.308 e. The fourth-order valence-electron chi connectivity index (χ4n) is 2.76. The Hall–Kier alpha value is -3.99. The smallest absolute Gasteiger partial charge is 0.308 e. The molecule has 166 valence electrons. The van der Waals surface area contributed by atoms with E-state index in [9.17, 15) is 24.5 Å². The molecule has 0 aliphatic carbocycles. The van der Waals surface area contributed by atoms with Crippen LogP contribution in [0.1, 0.15) is 23.8 Å². The van der Waals surface area contributed by atoms with Gasteiger partial charge < -0.3 is 15.4 Å². The Morgan fingerprint density at radius 3 is 2.72 bits per heavy atom. The van der Waals surface area contributed by atoms with E-state index in [0.717, 1.165) is 6.07 Å². The van der Waals surface area contributed by atoms with Crippen LogP contribution in [0.25, 0.3) is 10.9 Å². The van der Waals surface area contributed by atoms with E-state index in [0.29, 0.717) is 10.9 Å². The number of esters is 1. The Labute approximate surface area is 186 Å². The number of halogens is 1. The molecule has 0 bridgehead atoms. The lowest BCUT2D eigenvalue weighted by Crippen LogP contribution is -2.32. The summed E-state index contributed by atoms with van der Waals surface area (Å²) < 4.78 is 5.05. The molecule has 1 unspecified atom stereocenters. The average Bonchev–Trinajstić information content (AvgIpc) is 3.19. The minimum atomic E-state index is -1.15. The van der Waals surface area contributed by atoms with Gasteiger partial charge in [-0.3, -0.25) is 29.6 Å². The number of ether oxygens (including phenoxy) is 1. The number of hydrogen-bond donors (Lipinski definition) is 3. The Morgan fingerprint density at radius 2 is 2.00 bits per heavy atom. The maximum atomic E-state index is 12.3. The first-order chi connectivity index (χ1) is 15.3. The van der Waals surface area contributed by atoms with E-state index in [2.05, 4.69) is 20.8 Å². The Bertz CT molecular complexity index is 1190. The second-order valence-corrected chi connectivity index (χ2v) is 7.07. The van der Waals surface area contributed by atoms with Crippen molar-refractivity contribution in [2.24, 2.45) is 0 Å². The number of carbonyl (C=O) groups excluding carboxylic acids is 3. The molecule has 2 aromatic carbocycles. The minimum Gasteiger partial charge on any atom is -0.452 e. The molecule has 12 heteroatoms. The Morgan fingerprint density at radius 1 is 1.25 bits per heavy atom. The van der Waals surface area contributed by atoms with Crippen LogP contribution in [0.15, 0.2) is 42.5 Å². The highest BCUT2D eigenvalue weighted by Gasteiger charge is 2.20.